The number of nitrogens with one attached hydrogen (secondary N) is 1. The number of benzene rings is 1. The van der Waals surface area contributed by atoms with Crippen LogP contribution in [0, 0.1) is 0 Å². The average Bonchev–Trinajstić information content (AvgIpc) is 2.98. The van der Waals surface area contributed by atoms with Crippen LogP contribution in [0.3, 0.4) is 0 Å². The van der Waals surface area contributed by atoms with E-state index in [2.05, 4.69) is 20.2 Å². The van der Waals surface area contributed by atoms with Crippen LogP contribution in [0.4, 0.5) is 17.3 Å². The van der Waals surface area contributed by atoms with Gasteiger partial charge < -0.3 is 15.1 Å². The first-order valence-corrected chi connectivity index (χ1v) is 9.73. The van der Waals surface area contributed by atoms with E-state index in [1.165, 1.54) is 0 Å². The molecule has 0 bridgehead atoms. The molecule has 7 heteroatoms. The lowest BCUT2D eigenvalue weighted by molar-refractivity contribution is -0.117. The van der Waals surface area contributed by atoms with Crippen molar-refractivity contribution in [2.75, 3.05) is 52.8 Å². The second-order valence-electron chi connectivity index (χ2n) is 6.14. The second-order valence-corrected chi connectivity index (χ2v) is 7.36. The van der Waals surface area contributed by atoms with Gasteiger partial charge in [-0.15, -0.1) is 0 Å². The quantitative estimate of drug-likeness (QED) is 0.886. The highest BCUT2D eigenvalue weighted by Gasteiger charge is 2.26. The molecule has 1 fully saturated rings. The molecule has 3 heterocycles. The molecule has 0 spiro atoms. The van der Waals surface area contributed by atoms with Gasteiger partial charge in [0, 0.05) is 49.4 Å². The van der Waals surface area contributed by atoms with Crippen LogP contribution in [0.15, 0.2) is 36.7 Å². The molecule has 0 radical (unpaired) electrons. The maximum atomic E-state index is 12.2. The summed E-state index contributed by atoms with van der Waals surface area (Å²) in [6.45, 7) is 3.35. The van der Waals surface area contributed by atoms with Crippen molar-refractivity contribution in [2.24, 2.45) is 0 Å². The molecule has 0 atom stereocenters. The van der Waals surface area contributed by atoms with Crippen molar-refractivity contribution in [3.05, 3.63) is 42.2 Å². The van der Waals surface area contributed by atoms with Gasteiger partial charge in [0.05, 0.1) is 6.42 Å². The maximum absolute atomic E-state index is 12.2. The number of hydrogen-bond donors (Lipinski definition) is 1. The number of aromatic nitrogens is 2. The minimum absolute atomic E-state index is 0.164. The Morgan fingerprint density at radius 1 is 1.16 bits per heavy atom. The van der Waals surface area contributed by atoms with Gasteiger partial charge in [0.25, 0.3) is 0 Å². The molecule has 1 aromatic carbocycles. The molecule has 2 aliphatic heterocycles. The smallest absolute Gasteiger partial charge is 0.231 e. The van der Waals surface area contributed by atoms with Crippen LogP contribution >= 0.6 is 11.8 Å². The Kier molecular flexibility index (Phi) is 4.74. The predicted octanol–water partition coefficient (Wildman–Crippen LogP) is 2.03. The number of carbonyl (C=O) groups excluding carboxylic acids is 1. The summed E-state index contributed by atoms with van der Waals surface area (Å²) in [7, 11) is 0. The van der Waals surface area contributed by atoms with Gasteiger partial charge in [-0.05, 0) is 11.6 Å². The summed E-state index contributed by atoms with van der Waals surface area (Å²) in [6.07, 6.45) is 2.11. The molecule has 6 nitrogen and oxygen atoms in total. The van der Waals surface area contributed by atoms with Crippen LogP contribution in [0.25, 0.3) is 0 Å². The lowest BCUT2D eigenvalue weighted by Crippen LogP contribution is -2.33. The fourth-order valence-corrected chi connectivity index (χ4v) is 4.17. The van der Waals surface area contributed by atoms with Crippen LogP contribution < -0.4 is 15.1 Å². The van der Waals surface area contributed by atoms with Crippen LogP contribution in [0.5, 0.6) is 0 Å². The normalized spacial score (nSPS) is 16.9. The Balaban J connectivity index is 1.37. The number of carbonyl (C=O) groups is 1. The summed E-state index contributed by atoms with van der Waals surface area (Å²) >= 11 is 1.98. The number of rotatable bonds is 5. The molecule has 1 saturated heterocycles. The average molecular weight is 355 g/mol. The molecule has 1 amide bonds. The standard InChI is InChI=1S/C18H21N5OS/c24-18-11-14-3-1-2-4-15(14)23(18)6-5-19-16-12-17(21-13-20-16)22-7-9-25-10-8-22/h1-4,12-13H,5-11H2,(H,19,20,21). The largest absolute Gasteiger partial charge is 0.368 e. The van der Waals surface area contributed by atoms with Crippen molar-refractivity contribution in [1.82, 2.24) is 9.97 Å². The summed E-state index contributed by atoms with van der Waals surface area (Å²) in [5.41, 5.74) is 2.14. The van der Waals surface area contributed by atoms with Gasteiger partial charge in [-0.25, -0.2) is 9.97 Å². The van der Waals surface area contributed by atoms with E-state index in [-0.39, 0.29) is 5.91 Å². The Hall–Kier alpha value is -2.28. The molecular weight excluding hydrogens is 334 g/mol. The number of anilines is 3. The first kappa shape index (κ1) is 16.2. The number of thioether (sulfide) groups is 1. The maximum Gasteiger partial charge on any atom is 0.231 e. The summed E-state index contributed by atoms with van der Waals surface area (Å²) in [5.74, 6) is 4.23. The van der Waals surface area contributed by atoms with Crippen molar-refractivity contribution < 1.29 is 4.79 Å². The van der Waals surface area contributed by atoms with Crippen LogP contribution in [0.1, 0.15) is 5.56 Å². The summed E-state index contributed by atoms with van der Waals surface area (Å²) in [4.78, 5) is 25.0. The van der Waals surface area contributed by atoms with Gasteiger partial charge in [-0.1, -0.05) is 18.2 Å². The first-order valence-electron chi connectivity index (χ1n) is 8.58. The van der Waals surface area contributed by atoms with E-state index in [0.29, 0.717) is 19.5 Å². The molecule has 0 unspecified atom stereocenters. The highest BCUT2D eigenvalue weighted by Crippen LogP contribution is 2.28. The first-order chi connectivity index (χ1) is 12.3. The highest BCUT2D eigenvalue weighted by molar-refractivity contribution is 7.99. The molecule has 4 rings (SSSR count). The van der Waals surface area contributed by atoms with Crippen molar-refractivity contribution in [2.45, 2.75) is 6.42 Å². The molecule has 25 heavy (non-hydrogen) atoms. The zero-order chi connectivity index (χ0) is 17.1. The Morgan fingerprint density at radius 2 is 2.00 bits per heavy atom. The minimum atomic E-state index is 0.164. The SMILES string of the molecule is O=C1Cc2ccccc2N1CCNc1cc(N2CCSCC2)ncn1. The van der Waals surface area contributed by atoms with Crippen LogP contribution in [-0.4, -0.2) is 53.6 Å². The van der Waals surface area contributed by atoms with Gasteiger partial charge >= 0.3 is 0 Å². The van der Waals surface area contributed by atoms with E-state index in [1.54, 1.807) is 6.33 Å². The van der Waals surface area contributed by atoms with Gasteiger partial charge in [0.2, 0.25) is 5.91 Å². The molecule has 2 aliphatic rings. The summed E-state index contributed by atoms with van der Waals surface area (Å²) < 4.78 is 0. The van der Waals surface area contributed by atoms with E-state index >= 15 is 0 Å². The van der Waals surface area contributed by atoms with Crippen molar-refractivity contribution in [3.63, 3.8) is 0 Å². The van der Waals surface area contributed by atoms with E-state index in [9.17, 15) is 4.79 Å². The number of hydrogen-bond acceptors (Lipinski definition) is 6. The number of para-hydroxylation sites is 1. The van der Waals surface area contributed by atoms with Crippen molar-refractivity contribution in [1.29, 1.82) is 0 Å². The van der Waals surface area contributed by atoms with E-state index < -0.39 is 0 Å². The molecule has 0 saturated carbocycles. The lowest BCUT2D eigenvalue weighted by atomic mass is 10.2. The summed E-state index contributed by atoms with van der Waals surface area (Å²) in [6, 6.07) is 9.99. The fourth-order valence-electron chi connectivity index (χ4n) is 3.27. The number of amides is 1. The fraction of sp³-hybridized carbons (Fsp3) is 0.389. The third-order valence-electron chi connectivity index (χ3n) is 4.55. The Labute approximate surface area is 151 Å². The zero-order valence-corrected chi connectivity index (χ0v) is 14.8. The summed E-state index contributed by atoms with van der Waals surface area (Å²) in [5, 5.41) is 3.33. The van der Waals surface area contributed by atoms with Gasteiger partial charge in [-0.3, -0.25) is 4.79 Å². The Morgan fingerprint density at radius 3 is 2.88 bits per heavy atom. The second kappa shape index (κ2) is 7.31. The molecule has 2 aromatic rings. The molecule has 0 aliphatic carbocycles. The third kappa shape index (κ3) is 3.56. The van der Waals surface area contributed by atoms with Gasteiger partial charge in [0.15, 0.2) is 0 Å². The van der Waals surface area contributed by atoms with E-state index in [4.69, 9.17) is 0 Å². The van der Waals surface area contributed by atoms with Gasteiger partial charge in [-0.2, -0.15) is 11.8 Å². The third-order valence-corrected chi connectivity index (χ3v) is 5.50. The zero-order valence-electron chi connectivity index (χ0n) is 14.0. The predicted molar refractivity (Wildman–Crippen MR) is 103 cm³/mol. The molecule has 1 aromatic heterocycles. The lowest BCUT2D eigenvalue weighted by Gasteiger charge is -2.27. The highest BCUT2D eigenvalue weighted by atomic mass is 32.2. The number of fused-ring (bicyclic) bond motifs is 1. The topological polar surface area (TPSA) is 61.4 Å². The Bertz CT molecular complexity index is 763. The van der Waals surface area contributed by atoms with Gasteiger partial charge in [0.1, 0.15) is 18.0 Å². The van der Waals surface area contributed by atoms with Crippen molar-refractivity contribution in [3.8, 4) is 0 Å². The van der Waals surface area contributed by atoms with E-state index in [1.807, 2.05) is 47.0 Å². The molecular formula is C18H21N5OS. The van der Waals surface area contributed by atoms with Crippen molar-refractivity contribution >= 4 is 35.0 Å². The van der Waals surface area contributed by atoms with E-state index in [0.717, 1.165) is 47.5 Å². The minimum Gasteiger partial charge on any atom is -0.368 e. The molecule has 1 N–H and O–H groups in total. The monoisotopic (exact) mass is 355 g/mol. The molecule has 130 valence electrons. The van der Waals surface area contributed by atoms with Crippen LogP contribution in [0.2, 0.25) is 0 Å². The number of nitrogens with zero attached hydrogens (tertiary/aromatic N) is 4. The van der Waals surface area contributed by atoms with Crippen LogP contribution in [-0.2, 0) is 11.2 Å².